The summed E-state index contributed by atoms with van der Waals surface area (Å²) in [5.41, 5.74) is 0. The van der Waals surface area contributed by atoms with Crippen LogP contribution in [-0.4, -0.2) is 52.7 Å². The van der Waals surface area contributed by atoms with Crippen molar-refractivity contribution in [3.05, 3.63) is 0 Å². The van der Waals surface area contributed by atoms with Crippen LogP contribution in [0.1, 0.15) is 12.8 Å². The van der Waals surface area contributed by atoms with Gasteiger partial charge in [0, 0.05) is 7.11 Å². The number of nitrogens with one attached hydrogen (secondary N) is 1. The van der Waals surface area contributed by atoms with E-state index in [0.29, 0.717) is 32.5 Å². The van der Waals surface area contributed by atoms with Crippen molar-refractivity contribution >= 4 is 0 Å². The number of hydrogen-bond donors (Lipinski definition) is 1. The van der Waals surface area contributed by atoms with Gasteiger partial charge in [0.05, 0.1) is 32.5 Å². The fourth-order valence-electron chi connectivity index (χ4n) is 1.48. The Bertz CT molecular complexity index is 127. The molecule has 0 saturated carbocycles. The van der Waals surface area contributed by atoms with Gasteiger partial charge in [-0.15, -0.1) is 0 Å². The second-order valence-corrected chi connectivity index (χ2v) is 3.43. The number of piperidine rings is 1. The predicted molar refractivity (Wildman–Crippen MR) is 54.5 cm³/mol. The Hall–Kier alpha value is -0.160. The molecule has 1 aliphatic heterocycles. The standard InChI is InChI=1S/C10H21NO3/c1-12-6-7-13-8-9-14-10-2-4-11-5-3-10/h10-11H,2-9H2,1H3. The van der Waals surface area contributed by atoms with Crippen molar-refractivity contribution in [1.29, 1.82) is 0 Å². The molecule has 1 rings (SSSR count). The number of rotatable bonds is 7. The van der Waals surface area contributed by atoms with E-state index in [1.165, 1.54) is 0 Å². The van der Waals surface area contributed by atoms with Crippen molar-refractivity contribution < 1.29 is 14.2 Å². The highest BCUT2D eigenvalue weighted by atomic mass is 16.5. The zero-order valence-electron chi connectivity index (χ0n) is 8.96. The van der Waals surface area contributed by atoms with Crippen LogP contribution in [0, 0.1) is 0 Å². The van der Waals surface area contributed by atoms with Gasteiger partial charge in [0.1, 0.15) is 0 Å². The van der Waals surface area contributed by atoms with Crippen LogP contribution in [0.25, 0.3) is 0 Å². The zero-order valence-corrected chi connectivity index (χ0v) is 8.96. The number of ether oxygens (including phenoxy) is 3. The topological polar surface area (TPSA) is 39.7 Å². The quantitative estimate of drug-likeness (QED) is 0.609. The van der Waals surface area contributed by atoms with Crippen LogP contribution in [0.2, 0.25) is 0 Å². The summed E-state index contributed by atoms with van der Waals surface area (Å²) in [7, 11) is 1.68. The summed E-state index contributed by atoms with van der Waals surface area (Å²) in [6.07, 6.45) is 2.68. The number of methoxy groups -OCH3 is 1. The summed E-state index contributed by atoms with van der Waals surface area (Å²) < 4.78 is 15.8. The molecule has 0 unspecified atom stereocenters. The molecule has 14 heavy (non-hydrogen) atoms. The molecule has 0 radical (unpaired) electrons. The first kappa shape index (κ1) is 11.9. The van der Waals surface area contributed by atoms with E-state index in [9.17, 15) is 0 Å². The Labute approximate surface area is 85.9 Å². The van der Waals surface area contributed by atoms with Gasteiger partial charge in [-0.2, -0.15) is 0 Å². The molecular formula is C10H21NO3. The Morgan fingerprint density at radius 3 is 2.50 bits per heavy atom. The molecule has 1 saturated heterocycles. The second-order valence-electron chi connectivity index (χ2n) is 3.43. The lowest BCUT2D eigenvalue weighted by Crippen LogP contribution is -2.33. The summed E-state index contributed by atoms with van der Waals surface area (Å²) in [6, 6.07) is 0. The molecule has 0 aliphatic carbocycles. The van der Waals surface area contributed by atoms with Gasteiger partial charge in [-0.1, -0.05) is 0 Å². The summed E-state index contributed by atoms with van der Waals surface area (Å²) in [5, 5.41) is 3.31. The van der Waals surface area contributed by atoms with Gasteiger partial charge in [-0.05, 0) is 25.9 Å². The maximum absolute atomic E-state index is 5.66. The molecule has 0 bridgehead atoms. The fraction of sp³-hybridized carbons (Fsp3) is 1.00. The maximum atomic E-state index is 5.66. The highest BCUT2D eigenvalue weighted by Crippen LogP contribution is 2.06. The molecule has 4 nitrogen and oxygen atoms in total. The van der Waals surface area contributed by atoms with Crippen LogP contribution in [0.5, 0.6) is 0 Å². The highest BCUT2D eigenvalue weighted by Gasteiger charge is 2.12. The monoisotopic (exact) mass is 203 g/mol. The summed E-state index contributed by atoms with van der Waals surface area (Å²) in [5.74, 6) is 0. The lowest BCUT2D eigenvalue weighted by Gasteiger charge is -2.22. The normalized spacial score (nSPS) is 18.6. The average molecular weight is 203 g/mol. The third-order valence-corrected chi connectivity index (χ3v) is 2.30. The van der Waals surface area contributed by atoms with Gasteiger partial charge in [0.15, 0.2) is 0 Å². The van der Waals surface area contributed by atoms with Crippen molar-refractivity contribution in [2.45, 2.75) is 18.9 Å². The summed E-state index contributed by atoms with van der Waals surface area (Å²) in [6.45, 7) is 4.85. The van der Waals surface area contributed by atoms with Crippen LogP contribution < -0.4 is 5.32 Å². The highest BCUT2D eigenvalue weighted by molar-refractivity contribution is 4.67. The van der Waals surface area contributed by atoms with E-state index >= 15 is 0 Å². The molecule has 0 aromatic carbocycles. The molecular weight excluding hydrogens is 182 g/mol. The SMILES string of the molecule is COCCOCCOC1CCNCC1. The van der Waals surface area contributed by atoms with Crippen LogP contribution in [0.3, 0.4) is 0 Å². The van der Waals surface area contributed by atoms with Crippen molar-refractivity contribution in [2.75, 3.05) is 46.6 Å². The van der Waals surface area contributed by atoms with E-state index in [1.807, 2.05) is 0 Å². The summed E-state index contributed by atoms with van der Waals surface area (Å²) in [4.78, 5) is 0. The molecule has 0 aromatic rings. The first-order valence-corrected chi connectivity index (χ1v) is 5.32. The molecule has 0 atom stereocenters. The van der Waals surface area contributed by atoms with E-state index in [4.69, 9.17) is 14.2 Å². The van der Waals surface area contributed by atoms with E-state index in [-0.39, 0.29) is 0 Å². The largest absolute Gasteiger partial charge is 0.382 e. The predicted octanol–water partition coefficient (Wildman–Crippen LogP) is 0.418. The Morgan fingerprint density at radius 2 is 1.79 bits per heavy atom. The Kier molecular flexibility index (Phi) is 6.95. The van der Waals surface area contributed by atoms with Crippen LogP contribution >= 0.6 is 0 Å². The first-order valence-electron chi connectivity index (χ1n) is 5.32. The molecule has 1 N–H and O–H groups in total. The maximum Gasteiger partial charge on any atom is 0.0704 e. The van der Waals surface area contributed by atoms with E-state index in [0.717, 1.165) is 25.9 Å². The van der Waals surface area contributed by atoms with Gasteiger partial charge in [-0.25, -0.2) is 0 Å². The Morgan fingerprint density at radius 1 is 1.07 bits per heavy atom. The average Bonchev–Trinajstić information content (AvgIpc) is 2.25. The van der Waals surface area contributed by atoms with Gasteiger partial charge in [0.25, 0.3) is 0 Å². The minimum atomic E-state index is 0.433. The molecule has 4 heteroatoms. The zero-order chi connectivity index (χ0) is 10.1. The fourth-order valence-corrected chi connectivity index (χ4v) is 1.48. The molecule has 1 fully saturated rings. The van der Waals surface area contributed by atoms with E-state index < -0.39 is 0 Å². The minimum Gasteiger partial charge on any atom is -0.382 e. The Balaban J connectivity index is 1.82. The lowest BCUT2D eigenvalue weighted by molar-refractivity contribution is -0.0158. The molecule has 84 valence electrons. The van der Waals surface area contributed by atoms with E-state index in [1.54, 1.807) is 7.11 Å². The molecule has 0 amide bonds. The third kappa shape index (κ3) is 5.54. The van der Waals surface area contributed by atoms with Gasteiger partial charge < -0.3 is 19.5 Å². The molecule has 1 aliphatic rings. The van der Waals surface area contributed by atoms with E-state index in [2.05, 4.69) is 5.32 Å². The van der Waals surface area contributed by atoms with Crippen LogP contribution in [0.15, 0.2) is 0 Å². The second kappa shape index (κ2) is 8.17. The minimum absolute atomic E-state index is 0.433. The molecule has 1 heterocycles. The van der Waals surface area contributed by atoms with Crippen molar-refractivity contribution in [3.8, 4) is 0 Å². The number of hydrogen-bond acceptors (Lipinski definition) is 4. The molecule has 0 spiro atoms. The van der Waals surface area contributed by atoms with Crippen molar-refractivity contribution in [1.82, 2.24) is 5.32 Å². The van der Waals surface area contributed by atoms with Crippen LogP contribution in [-0.2, 0) is 14.2 Å². The smallest absolute Gasteiger partial charge is 0.0704 e. The van der Waals surface area contributed by atoms with Crippen molar-refractivity contribution in [3.63, 3.8) is 0 Å². The lowest BCUT2D eigenvalue weighted by atomic mass is 10.1. The van der Waals surface area contributed by atoms with Crippen molar-refractivity contribution in [2.24, 2.45) is 0 Å². The van der Waals surface area contributed by atoms with Gasteiger partial charge in [0.2, 0.25) is 0 Å². The van der Waals surface area contributed by atoms with Crippen LogP contribution in [0.4, 0.5) is 0 Å². The third-order valence-electron chi connectivity index (χ3n) is 2.30. The first-order chi connectivity index (χ1) is 6.93. The van der Waals surface area contributed by atoms with Gasteiger partial charge >= 0.3 is 0 Å². The van der Waals surface area contributed by atoms with Gasteiger partial charge in [-0.3, -0.25) is 0 Å². The molecule has 0 aromatic heterocycles. The summed E-state index contributed by atoms with van der Waals surface area (Å²) >= 11 is 0.